The van der Waals surface area contributed by atoms with E-state index in [0.29, 0.717) is 3.57 Å². The number of nitro benzene ring substituents is 1. The van der Waals surface area contributed by atoms with Gasteiger partial charge in [0.15, 0.2) is 0 Å². The van der Waals surface area contributed by atoms with Gasteiger partial charge in [0.25, 0.3) is 11.2 Å². The summed E-state index contributed by atoms with van der Waals surface area (Å²) in [6.45, 7) is 1.40. The summed E-state index contributed by atoms with van der Waals surface area (Å²) in [7, 11) is 0. The second kappa shape index (κ2) is 9.34. The summed E-state index contributed by atoms with van der Waals surface area (Å²) in [4.78, 5) is 38.1. The molecular weight excluding hydrogens is 513 g/mol. The molecule has 2 heterocycles. The minimum absolute atomic E-state index is 0.0219. The van der Waals surface area contributed by atoms with Crippen LogP contribution in [-0.2, 0) is 9.47 Å². The molecule has 0 aliphatic carbocycles. The molecule has 1 aromatic carbocycles. The lowest BCUT2D eigenvalue weighted by atomic mass is 10.0. The second-order valence-corrected chi connectivity index (χ2v) is 7.91. The van der Waals surface area contributed by atoms with E-state index in [1.807, 2.05) is 22.6 Å². The minimum Gasteiger partial charge on any atom is -0.394 e. The van der Waals surface area contributed by atoms with Crippen LogP contribution in [0.15, 0.2) is 34.0 Å². The van der Waals surface area contributed by atoms with E-state index in [1.54, 1.807) is 13.0 Å². The number of benzene rings is 1. The number of nitrogens with zero attached hydrogens (tertiary/aromatic N) is 2. The lowest BCUT2D eigenvalue weighted by molar-refractivity contribution is -0.386. The molecule has 1 fully saturated rings. The van der Waals surface area contributed by atoms with E-state index < -0.39 is 47.3 Å². The van der Waals surface area contributed by atoms with Crippen LogP contribution in [0.3, 0.4) is 0 Å². The molecule has 0 spiro atoms. The number of ether oxygens (including phenoxy) is 2. The number of hydrogen-bond acceptors (Lipinski definition) is 8. The molecule has 30 heavy (non-hydrogen) atoms. The van der Waals surface area contributed by atoms with E-state index in [4.69, 9.17) is 9.47 Å². The van der Waals surface area contributed by atoms with Crippen LogP contribution in [-0.4, -0.2) is 50.1 Å². The van der Waals surface area contributed by atoms with E-state index >= 15 is 0 Å². The summed E-state index contributed by atoms with van der Waals surface area (Å²) in [5, 5.41) is 30.8. The smallest absolute Gasteiger partial charge is 0.330 e. The maximum atomic E-state index is 12.6. The molecule has 0 saturated carbocycles. The third-order valence-corrected chi connectivity index (χ3v) is 5.45. The molecule has 1 aliphatic rings. The van der Waals surface area contributed by atoms with Gasteiger partial charge < -0.3 is 19.7 Å². The van der Waals surface area contributed by atoms with Gasteiger partial charge in [-0.2, -0.15) is 0 Å². The molecule has 162 valence electrons. The highest BCUT2D eigenvalue weighted by Crippen LogP contribution is 2.33. The Hall–Kier alpha value is -2.13. The molecule has 0 radical (unpaired) electrons. The zero-order chi connectivity index (χ0) is 22.0. The van der Waals surface area contributed by atoms with Gasteiger partial charge in [0.2, 0.25) is 0 Å². The maximum absolute atomic E-state index is 12.6. The average Bonchev–Trinajstić information content (AvgIpc) is 3.07. The second-order valence-electron chi connectivity index (χ2n) is 6.66. The minimum atomic E-state index is -1.11. The van der Waals surface area contributed by atoms with Gasteiger partial charge in [0.1, 0.15) is 18.4 Å². The van der Waals surface area contributed by atoms with Crippen LogP contribution in [0.5, 0.6) is 0 Å². The molecule has 3 N–H and O–H groups in total. The number of rotatable bonds is 7. The molecule has 1 aliphatic heterocycles. The van der Waals surface area contributed by atoms with Crippen LogP contribution >= 0.6 is 22.6 Å². The average molecular weight is 533 g/mol. The highest BCUT2D eigenvalue weighted by molar-refractivity contribution is 14.1. The number of hydrogen-bond donors (Lipinski definition) is 3. The van der Waals surface area contributed by atoms with E-state index in [-0.39, 0.29) is 29.8 Å². The Bertz CT molecular complexity index is 1050. The molecule has 1 unspecified atom stereocenters. The Morgan fingerprint density at radius 1 is 1.43 bits per heavy atom. The summed E-state index contributed by atoms with van der Waals surface area (Å²) in [6, 6.07) is 4.53. The molecule has 0 bridgehead atoms. The zero-order valence-electron chi connectivity index (χ0n) is 15.9. The van der Waals surface area contributed by atoms with E-state index in [0.717, 1.165) is 4.57 Å². The normalized spacial score (nSPS) is 22.2. The van der Waals surface area contributed by atoms with Crippen LogP contribution in [0.2, 0.25) is 0 Å². The largest absolute Gasteiger partial charge is 0.394 e. The SMILES string of the molecule is CCOC(c1ccc(I)cc1[N+](=O)[O-])c1cn([C@H]2C[C@H](O)[C@@H](CO)O2)c(=O)[nH]c1=O. The first-order valence-corrected chi connectivity index (χ1v) is 10.2. The molecule has 4 atom stereocenters. The van der Waals surface area contributed by atoms with Crippen molar-refractivity contribution in [3.63, 3.8) is 0 Å². The van der Waals surface area contributed by atoms with Crippen LogP contribution in [0.1, 0.15) is 36.8 Å². The van der Waals surface area contributed by atoms with Crippen molar-refractivity contribution in [3.8, 4) is 0 Å². The standard InChI is InChI=1S/C18H20IN3O8/c1-2-29-16(10-4-3-9(19)5-12(10)22(27)28)11-7-21(18(26)20-17(11)25)15-6-13(24)14(8-23)30-15/h3-5,7,13-16,23-24H,2,6,8H2,1H3,(H,20,25,26)/t13-,14+,15+,16?/m0/s1. The van der Waals surface area contributed by atoms with Gasteiger partial charge in [0.05, 0.1) is 28.8 Å². The van der Waals surface area contributed by atoms with Crippen molar-refractivity contribution in [2.45, 2.75) is 37.9 Å². The third-order valence-electron chi connectivity index (χ3n) is 4.78. The fourth-order valence-electron chi connectivity index (χ4n) is 3.36. The highest BCUT2D eigenvalue weighted by atomic mass is 127. The Balaban J connectivity index is 2.12. The highest BCUT2D eigenvalue weighted by Gasteiger charge is 2.36. The van der Waals surface area contributed by atoms with Gasteiger partial charge in [-0.05, 0) is 41.6 Å². The molecule has 2 aromatic rings. The van der Waals surface area contributed by atoms with Gasteiger partial charge in [-0.15, -0.1) is 0 Å². The first kappa shape index (κ1) is 22.6. The Morgan fingerprint density at radius 2 is 2.17 bits per heavy atom. The molecule has 12 heteroatoms. The number of nitro groups is 1. The van der Waals surface area contributed by atoms with E-state index in [1.165, 1.54) is 18.3 Å². The topological polar surface area (TPSA) is 157 Å². The molecule has 1 aromatic heterocycles. The van der Waals surface area contributed by atoms with E-state index in [2.05, 4.69) is 4.98 Å². The summed E-state index contributed by atoms with van der Waals surface area (Å²) >= 11 is 1.94. The number of aliphatic hydroxyl groups excluding tert-OH is 2. The molecule has 11 nitrogen and oxygen atoms in total. The zero-order valence-corrected chi connectivity index (χ0v) is 18.0. The van der Waals surface area contributed by atoms with Crippen molar-refractivity contribution in [2.24, 2.45) is 0 Å². The van der Waals surface area contributed by atoms with Crippen LogP contribution < -0.4 is 11.2 Å². The first-order chi connectivity index (χ1) is 14.3. The quantitative estimate of drug-likeness (QED) is 0.268. The Labute approximate surface area is 183 Å². The van der Waals surface area contributed by atoms with Crippen LogP contribution in [0.25, 0.3) is 0 Å². The lowest BCUT2D eigenvalue weighted by Gasteiger charge is -2.20. The van der Waals surface area contributed by atoms with Gasteiger partial charge in [0, 0.05) is 28.9 Å². The summed E-state index contributed by atoms with van der Waals surface area (Å²) < 4.78 is 12.9. The molecular formula is C18H20IN3O8. The lowest BCUT2D eigenvalue weighted by Crippen LogP contribution is -2.35. The Morgan fingerprint density at radius 3 is 2.77 bits per heavy atom. The fraction of sp³-hybridized carbons (Fsp3) is 0.444. The number of halogens is 1. The van der Waals surface area contributed by atoms with Crippen LogP contribution in [0, 0.1) is 13.7 Å². The van der Waals surface area contributed by atoms with Gasteiger partial charge >= 0.3 is 5.69 Å². The summed E-state index contributed by atoms with van der Waals surface area (Å²) in [6.07, 6.45) is -2.63. The molecule has 1 saturated heterocycles. The van der Waals surface area contributed by atoms with Crippen molar-refractivity contribution in [3.05, 3.63) is 70.0 Å². The van der Waals surface area contributed by atoms with Crippen molar-refractivity contribution < 1.29 is 24.6 Å². The van der Waals surface area contributed by atoms with Gasteiger partial charge in [-0.25, -0.2) is 4.79 Å². The maximum Gasteiger partial charge on any atom is 0.330 e. The van der Waals surface area contributed by atoms with Gasteiger partial charge in [-0.3, -0.25) is 24.5 Å². The van der Waals surface area contributed by atoms with Crippen molar-refractivity contribution >= 4 is 28.3 Å². The summed E-state index contributed by atoms with van der Waals surface area (Å²) in [5.74, 6) is 0. The van der Waals surface area contributed by atoms with Crippen molar-refractivity contribution in [1.29, 1.82) is 0 Å². The van der Waals surface area contributed by atoms with Crippen molar-refractivity contribution in [1.82, 2.24) is 9.55 Å². The monoisotopic (exact) mass is 533 g/mol. The van der Waals surface area contributed by atoms with Gasteiger partial charge in [-0.1, -0.05) is 0 Å². The predicted molar refractivity (Wildman–Crippen MR) is 112 cm³/mol. The first-order valence-electron chi connectivity index (χ1n) is 9.12. The number of nitrogens with one attached hydrogen (secondary N) is 1. The third kappa shape index (κ3) is 4.46. The number of aliphatic hydroxyl groups is 2. The Kier molecular flexibility index (Phi) is 7.02. The number of H-pyrrole nitrogens is 1. The number of aromatic nitrogens is 2. The predicted octanol–water partition coefficient (Wildman–Crippen LogP) is 0.816. The van der Waals surface area contributed by atoms with E-state index in [9.17, 15) is 29.9 Å². The van der Waals surface area contributed by atoms with Crippen LogP contribution in [0.4, 0.5) is 5.69 Å². The molecule has 3 rings (SSSR count). The molecule has 0 amide bonds. The fourth-order valence-corrected chi connectivity index (χ4v) is 3.84. The summed E-state index contributed by atoms with van der Waals surface area (Å²) in [5.41, 5.74) is -1.60. The van der Waals surface area contributed by atoms with Crippen molar-refractivity contribution in [2.75, 3.05) is 13.2 Å². The number of aromatic amines is 1.